The molecule has 0 spiro atoms. The Balaban J connectivity index is 2.77. The SMILES string of the molecule is CNCC(C)Cn1cncc(Br)c1=O. The standard InChI is InChI=1S/C9H14BrN3O/c1-7(3-11-2)5-13-6-12-4-8(10)9(13)14/h4,6-7,11H,3,5H2,1-2H3. The molecule has 14 heavy (non-hydrogen) atoms. The molecule has 0 amide bonds. The maximum Gasteiger partial charge on any atom is 0.267 e. The van der Waals surface area contributed by atoms with Gasteiger partial charge < -0.3 is 5.32 Å². The first-order chi connectivity index (χ1) is 6.65. The van der Waals surface area contributed by atoms with Gasteiger partial charge in [-0.2, -0.15) is 0 Å². The molecule has 1 aromatic heterocycles. The van der Waals surface area contributed by atoms with Gasteiger partial charge in [-0.25, -0.2) is 4.98 Å². The number of rotatable bonds is 4. The molecule has 0 fully saturated rings. The minimum Gasteiger partial charge on any atom is -0.319 e. The van der Waals surface area contributed by atoms with Gasteiger partial charge in [-0.3, -0.25) is 9.36 Å². The van der Waals surface area contributed by atoms with Crippen LogP contribution in [0.25, 0.3) is 0 Å². The summed E-state index contributed by atoms with van der Waals surface area (Å²) in [6.07, 6.45) is 3.08. The van der Waals surface area contributed by atoms with Crippen molar-refractivity contribution in [1.29, 1.82) is 0 Å². The largest absolute Gasteiger partial charge is 0.319 e. The van der Waals surface area contributed by atoms with Crippen LogP contribution in [0.4, 0.5) is 0 Å². The molecule has 4 nitrogen and oxygen atoms in total. The molecule has 1 unspecified atom stereocenters. The van der Waals surface area contributed by atoms with E-state index in [1.165, 1.54) is 6.20 Å². The lowest BCUT2D eigenvalue weighted by molar-refractivity contribution is 0.450. The minimum atomic E-state index is -0.0250. The van der Waals surface area contributed by atoms with Crippen LogP contribution in [0.1, 0.15) is 6.92 Å². The molecular formula is C9H14BrN3O. The first kappa shape index (κ1) is 11.4. The summed E-state index contributed by atoms with van der Waals surface area (Å²) in [6.45, 7) is 3.66. The fourth-order valence-corrected chi connectivity index (χ4v) is 1.65. The van der Waals surface area contributed by atoms with Crippen molar-refractivity contribution in [2.75, 3.05) is 13.6 Å². The van der Waals surface area contributed by atoms with Gasteiger partial charge in [0.15, 0.2) is 0 Å². The zero-order valence-corrected chi connectivity index (χ0v) is 9.91. The second-order valence-electron chi connectivity index (χ2n) is 3.36. The van der Waals surface area contributed by atoms with Gasteiger partial charge in [0, 0.05) is 12.7 Å². The lowest BCUT2D eigenvalue weighted by Gasteiger charge is -2.12. The molecule has 0 saturated heterocycles. The van der Waals surface area contributed by atoms with E-state index in [4.69, 9.17) is 0 Å². The van der Waals surface area contributed by atoms with Crippen LogP contribution in [0.3, 0.4) is 0 Å². The molecule has 1 aromatic rings. The minimum absolute atomic E-state index is 0.0250. The number of halogens is 1. The molecule has 0 saturated carbocycles. The molecule has 5 heteroatoms. The Morgan fingerprint density at radius 2 is 2.43 bits per heavy atom. The second kappa shape index (κ2) is 5.26. The lowest BCUT2D eigenvalue weighted by atomic mass is 10.2. The number of nitrogens with zero attached hydrogens (tertiary/aromatic N) is 2. The Bertz CT molecular complexity index is 350. The summed E-state index contributed by atoms with van der Waals surface area (Å²) < 4.78 is 2.13. The number of hydrogen-bond donors (Lipinski definition) is 1. The van der Waals surface area contributed by atoms with Gasteiger partial charge in [0.1, 0.15) is 4.47 Å². The van der Waals surface area contributed by atoms with E-state index < -0.39 is 0 Å². The van der Waals surface area contributed by atoms with E-state index in [0.717, 1.165) is 6.54 Å². The molecule has 1 rings (SSSR count). The van der Waals surface area contributed by atoms with E-state index in [2.05, 4.69) is 33.2 Å². The zero-order chi connectivity index (χ0) is 10.6. The van der Waals surface area contributed by atoms with Crippen LogP contribution >= 0.6 is 15.9 Å². The summed E-state index contributed by atoms with van der Waals surface area (Å²) in [4.78, 5) is 15.5. The smallest absolute Gasteiger partial charge is 0.267 e. The molecule has 0 aliphatic carbocycles. The van der Waals surface area contributed by atoms with Gasteiger partial charge >= 0.3 is 0 Å². The van der Waals surface area contributed by atoms with Crippen molar-refractivity contribution in [1.82, 2.24) is 14.9 Å². The molecule has 1 atom stereocenters. The third-order valence-electron chi connectivity index (χ3n) is 1.92. The van der Waals surface area contributed by atoms with E-state index >= 15 is 0 Å². The molecule has 0 aliphatic rings. The number of hydrogen-bond acceptors (Lipinski definition) is 3. The summed E-state index contributed by atoms with van der Waals surface area (Å²) in [6, 6.07) is 0. The average Bonchev–Trinajstić information content (AvgIpc) is 2.13. The van der Waals surface area contributed by atoms with E-state index in [-0.39, 0.29) is 5.56 Å². The van der Waals surface area contributed by atoms with E-state index in [1.54, 1.807) is 10.9 Å². The first-order valence-corrected chi connectivity index (χ1v) is 5.29. The quantitative estimate of drug-likeness (QED) is 0.873. The summed E-state index contributed by atoms with van der Waals surface area (Å²) in [7, 11) is 1.90. The van der Waals surface area contributed by atoms with Crippen molar-refractivity contribution < 1.29 is 0 Å². The van der Waals surface area contributed by atoms with Crippen LogP contribution in [-0.2, 0) is 6.54 Å². The Hall–Kier alpha value is -0.680. The average molecular weight is 260 g/mol. The highest BCUT2D eigenvalue weighted by atomic mass is 79.9. The molecule has 0 aliphatic heterocycles. The molecule has 1 heterocycles. The Labute approximate surface area is 91.5 Å². The lowest BCUT2D eigenvalue weighted by Crippen LogP contribution is -2.27. The third-order valence-corrected chi connectivity index (χ3v) is 2.46. The van der Waals surface area contributed by atoms with Crippen molar-refractivity contribution in [3.05, 3.63) is 27.4 Å². The predicted molar refractivity (Wildman–Crippen MR) is 59.3 cm³/mol. The van der Waals surface area contributed by atoms with Crippen LogP contribution in [0.2, 0.25) is 0 Å². The van der Waals surface area contributed by atoms with Gasteiger partial charge in [0.25, 0.3) is 5.56 Å². The van der Waals surface area contributed by atoms with E-state index in [1.807, 2.05) is 7.05 Å². The Morgan fingerprint density at radius 3 is 3.07 bits per heavy atom. The summed E-state index contributed by atoms with van der Waals surface area (Å²) >= 11 is 3.16. The zero-order valence-electron chi connectivity index (χ0n) is 8.33. The number of aromatic nitrogens is 2. The molecular weight excluding hydrogens is 246 g/mol. The summed E-state index contributed by atoms with van der Waals surface area (Å²) in [5, 5.41) is 3.07. The fourth-order valence-electron chi connectivity index (χ4n) is 1.30. The van der Waals surface area contributed by atoms with Crippen molar-refractivity contribution in [2.24, 2.45) is 5.92 Å². The van der Waals surface area contributed by atoms with Crippen molar-refractivity contribution >= 4 is 15.9 Å². The second-order valence-corrected chi connectivity index (χ2v) is 4.22. The molecule has 0 bridgehead atoms. The van der Waals surface area contributed by atoms with Gasteiger partial charge in [-0.1, -0.05) is 6.92 Å². The Kier molecular flexibility index (Phi) is 4.28. The van der Waals surface area contributed by atoms with E-state index in [9.17, 15) is 4.79 Å². The molecule has 0 aromatic carbocycles. The van der Waals surface area contributed by atoms with Crippen LogP contribution in [0.5, 0.6) is 0 Å². The van der Waals surface area contributed by atoms with Gasteiger partial charge in [-0.15, -0.1) is 0 Å². The van der Waals surface area contributed by atoms with Crippen LogP contribution < -0.4 is 10.9 Å². The monoisotopic (exact) mass is 259 g/mol. The maximum atomic E-state index is 11.6. The molecule has 1 N–H and O–H groups in total. The molecule has 0 radical (unpaired) electrons. The molecule has 78 valence electrons. The normalized spacial score (nSPS) is 12.8. The van der Waals surface area contributed by atoms with Crippen LogP contribution in [-0.4, -0.2) is 23.1 Å². The van der Waals surface area contributed by atoms with Gasteiger partial charge in [-0.05, 0) is 35.4 Å². The first-order valence-electron chi connectivity index (χ1n) is 4.49. The topological polar surface area (TPSA) is 46.9 Å². The van der Waals surface area contributed by atoms with Gasteiger partial charge in [0.2, 0.25) is 0 Å². The summed E-state index contributed by atoms with van der Waals surface area (Å²) in [5.74, 6) is 0.411. The summed E-state index contributed by atoms with van der Waals surface area (Å²) in [5.41, 5.74) is -0.0250. The van der Waals surface area contributed by atoms with Crippen molar-refractivity contribution in [3.63, 3.8) is 0 Å². The highest BCUT2D eigenvalue weighted by molar-refractivity contribution is 9.10. The van der Waals surface area contributed by atoms with Crippen LogP contribution in [0, 0.1) is 5.92 Å². The maximum absolute atomic E-state index is 11.6. The third kappa shape index (κ3) is 2.92. The highest BCUT2D eigenvalue weighted by Crippen LogP contribution is 2.01. The Morgan fingerprint density at radius 1 is 1.71 bits per heavy atom. The van der Waals surface area contributed by atoms with Crippen molar-refractivity contribution in [2.45, 2.75) is 13.5 Å². The highest BCUT2D eigenvalue weighted by Gasteiger charge is 2.05. The van der Waals surface area contributed by atoms with Gasteiger partial charge in [0.05, 0.1) is 6.33 Å². The fraction of sp³-hybridized carbons (Fsp3) is 0.556. The van der Waals surface area contributed by atoms with Crippen LogP contribution in [0.15, 0.2) is 21.8 Å². The van der Waals surface area contributed by atoms with Crippen molar-refractivity contribution in [3.8, 4) is 0 Å². The van der Waals surface area contributed by atoms with E-state index in [0.29, 0.717) is 16.9 Å². The predicted octanol–water partition coefficient (Wildman–Crippen LogP) is 0.861. The number of nitrogens with one attached hydrogen (secondary N) is 1.